The van der Waals surface area contributed by atoms with Gasteiger partial charge >= 0.3 is 0 Å². The SMILES string of the molecule is COc1ccc(C2(c3cccc(Br)c3)C=C(N)NC2)cc1F. The van der Waals surface area contributed by atoms with Crippen LogP contribution in [0.25, 0.3) is 0 Å². The van der Waals surface area contributed by atoms with Crippen molar-refractivity contribution in [3.05, 3.63) is 75.8 Å². The van der Waals surface area contributed by atoms with E-state index in [2.05, 4.69) is 21.2 Å². The van der Waals surface area contributed by atoms with Gasteiger partial charge in [0, 0.05) is 11.0 Å². The molecule has 0 spiro atoms. The molecule has 0 bridgehead atoms. The molecule has 3 N–H and O–H groups in total. The third kappa shape index (κ3) is 2.46. The molecule has 114 valence electrons. The number of nitrogens with one attached hydrogen (secondary N) is 1. The van der Waals surface area contributed by atoms with Crippen molar-refractivity contribution >= 4 is 15.9 Å². The summed E-state index contributed by atoms with van der Waals surface area (Å²) in [5.74, 6) is 0.445. The Kier molecular flexibility index (Phi) is 3.83. The minimum Gasteiger partial charge on any atom is -0.494 e. The van der Waals surface area contributed by atoms with E-state index >= 15 is 0 Å². The molecule has 0 radical (unpaired) electrons. The summed E-state index contributed by atoms with van der Waals surface area (Å²) in [5.41, 5.74) is 7.31. The van der Waals surface area contributed by atoms with Crippen LogP contribution in [-0.4, -0.2) is 13.7 Å². The predicted molar refractivity (Wildman–Crippen MR) is 88.1 cm³/mol. The maximum Gasteiger partial charge on any atom is 0.165 e. The van der Waals surface area contributed by atoms with Gasteiger partial charge in [-0.25, -0.2) is 4.39 Å². The van der Waals surface area contributed by atoms with E-state index in [1.165, 1.54) is 13.2 Å². The van der Waals surface area contributed by atoms with Gasteiger partial charge in [0.2, 0.25) is 0 Å². The van der Waals surface area contributed by atoms with Gasteiger partial charge in [-0.15, -0.1) is 0 Å². The van der Waals surface area contributed by atoms with E-state index in [0.717, 1.165) is 15.6 Å². The Labute approximate surface area is 137 Å². The van der Waals surface area contributed by atoms with Crippen LogP contribution < -0.4 is 15.8 Å². The zero-order valence-corrected chi connectivity index (χ0v) is 13.7. The summed E-state index contributed by atoms with van der Waals surface area (Å²) in [5, 5.41) is 3.14. The van der Waals surface area contributed by atoms with E-state index in [1.54, 1.807) is 6.07 Å². The first kappa shape index (κ1) is 14.9. The molecule has 3 nitrogen and oxygen atoms in total. The summed E-state index contributed by atoms with van der Waals surface area (Å²) in [4.78, 5) is 0. The molecule has 1 heterocycles. The van der Waals surface area contributed by atoms with Gasteiger partial charge in [-0.3, -0.25) is 0 Å². The summed E-state index contributed by atoms with van der Waals surface area (Å²) in [6.45, 7) is 0.584. The van der Waals surface area contributed by atoms with E-state index < -0.39 is 5.41 Å². The molecule has 0 amide bonds. The highest BCUT2D eigenvalue weighted by Gasteiger charge is 2.37. The van der Waals surface area contributed by atoms with E-state index in [0.29, 0.717) is 12.4 Å². The number of hydrogen-bond acceptors (Lipinski definition) is 3. The minimum absolute atomic E-state index is 0.232. The van der Waals surface area contributed by atoms with Crippen molar-refractivity contribution in [2.24, 2.45) is 5.73 Å². The van der Waals surface area contributed by atoms with Crippen molar-refractivity contribution in [2.45, 2.75) is 5.41 Å². The van der Waals surface area contributed by atoms with E-state index in [1.807, 2.05) is 36.4 Å². The summed E-state index contributed by atoms with van der Waals surface area (Å²) in [6, 6.07) is 13.0. The summed E-state index contributed by atoms with van der Waals surface area (Å²) >= 11 is 3.49. The molecule has 1 unspecified atom stereocenters. The number of halogens is 2. The molecular weight excluding hydrogens is 347 g/mol. The molecule has 0 saturated carbocycles. The second kappa shape index (κ2) is 5.65. The van der Waals surface area contributed by atoms with Crippen LogP contribution in [0.4, 0.5) is 4.39 Å². The van der Waals surface area contributed by atoms with Crippen LogP contribution in [0.15, 0.2) is 58.8 Å². The monoisotopic (exact) mass is 362 g/mol. The number of rotatable bonds is 3. The zero-order chi connectivity index (χ0) is 15.7. The number of hydrogen-bond donors (Lipinski definition) is 2. The van der Waals surface area contributed by atoms with Crippen LogP contribution in [0.3, 0.4) is 0 Å². The first-order valence-electron chi connectivity index (χ1n) is 6.87. The molecule has 2 aromatic carbocycles. The van der Waals surface area contributed by atoms with Crippen molar-refractivity contribution < 1.29 is 9.13 Å². The topological polar surface area (TPSA) is 47.3 Å². The maximum atomic E-state index is 14.2. The molecule has 5 heteroatoms. The van der Waals surface area contributed by atoms with Crippen LogP contribution in [0, 0.1) is 5.82 Å². The highest BCUT2D eigenvalue weighted by Crippen LogP contribution is 2.39. The summed E-state index contributed by atoms with van der Waals surface area (Å²) in [6.07, 6.45) is 1.94. The Morgan fingerprint density at radius 1 is 1.23 bits per heavy atom. The fraction of sp³-hybridized carbons (Fsp3) is 0.176. The average molecular weight is 363 g/mol. The van der Waals surface area contributed by atoms with Gasteiger partial charge in [0.05, 0.1) is 18.3 Å². The van der Waals surface area contributed by atoms with Crippen molar-refractivity contribution in [3.8, 4) is 5.75 Å². The van der Waals surface area contributed by atoms with Gasteiger partial charge < -0.3 is 15.8 Å². The molecule has 0 aliphatic carbocycles. The van der Waals surface area contributed by atoms with Crippen LogP contribution in [0.5, 0.6) is 5.75 Å². The number of benzene rings is 2. The number of ether oxygens (including phenoxy) is 1. The first-order chi connectivity index (χ1) is 10.5. The fourth-order valence-corrected chi connectivity index (χ4v) is 3.26. The second-order valence-electron chi connectivity index (χ2n) is 5.28. The smallest absolute Gasteiger partial charge is 0.165 e. The van der Waals surface area contributed by atoms with Gasteiger partial charge in [-0.1, -0.05) is 34.1 Å². The molecule has 2 aromatic rings. The van der Waals surface area contributed by atoms with Crippen LogP contribution >= 0.6 is 15.9 Å². The molecule has 1 aliphatic rings. The average Bonchev–Trinajstić information content (AvgIpc) is 2.90. The van der Waals surface area contributed by atoms with E-state index in [4.69, 9.17) is 10.5 Å². The Bertz CT molecular complexity index is 747. The summed E-state index contributed by atoms with van der Waals surface area (Å²) < 4.78 is 20.1. The molecule has 22 heavy (non-hydrogen) atoms. The van der Waals surface area contributed by atoms with E-state index in [-0.39, 0.29) is 11.6 Å². The Morgan fingerprint density at radius 2 is 2.00 bits per heavy atom. The molecule has 0 fully saturated rings. The molecule has 0 aromatic heterocycles. The van der Waals surface area contributed by atoms with Crippen LogP contribution in [0.1, 0.15) is 11.1 Å². The van der Waals surface area contributed by atoms with Crippen molar-refractivity contribution in [2.75, 3.05) is 13.7 Å². The third-order valence-corrected chi connectivity index (χ3v) is 4.47. The van der Waals surface area contributed by atoms with E-state index in [9.17, 15) is 4.39 Å². The maximum absolute atomic E-state index is 14.2. The Balaban J connectivity index is 2.18. The lowest BCUT2D eigenvalue weighted by atomic mass is 9.75. The van der Waals surface area contributed by atoms with Gasteiger partial charge in [0.15, 0.2) is 11.6 Å². The Morgan fingerprint density at radius 3 is 2.59 bits per heavy atom. The first-order valence-corrected chi connectivity index (χ1v) is 7.67. The highest BCUT2D eigenvalue weighted by atomic mass is 79.9. The lowest BCUT2D eigenvalue weighted by Crippen LogP contribution is -2.31. The lowest BCUT2D eigenvalue weighted by Gasteiger charge is -2.28. The van der Waals surface area contributed by atoms with Gasteiger partial charge in [0.1, 0.15) is 0 Å². The fourth-order valence-electron chi connectivity index (χ4n) is 2.86. The quantitative estimate of drug-likeness (QED) is 0.880. The van der Waals surface area contributed by atoms with Crippen LogP contribution in [-0.2, 0) is 5.41 Å². The van der Waals surface area contributed by atoms with Crippen molar-refractivity contribution in [3.63, 3.8) is 0 Å². The molecule has 1 atom stereocenters. The third-order valence-electron chi connectivity index (χ3n) is 3.98. The largest absolute Gasteiger partial charge is 0.494 e. The zero-order valence-electron chi connectivity index (χ0n) is 12.1. The molecular formula is C17H16BrFN2O. The lowest BCUT2D eigenvalue weighted by molar-refractivity contribution is 0.385. The van der Waals surface area contributed by atoms with Crippen molar-refractivity contribution in [1.29, 1.82) is 0 Å². The highest BCUT2D eigenvalue weighted by molar-refractivity contribution is 9.10. The van der Waals surface area contributed by atoms with Gasteiger partial charge in [-0.05, 0) is 41.5 Å². The molecule has 0 saturated heterocycles. The van der Waals surface area contributed by atoms with Gasteiger partial charge in [0.25, 0.3) is 0 Å². The predicted octanol–water partition coefficient (Wildman–Crippen LogP) is 3.29. The summed E-state index contributed by atoms with van der Waals surface area (Å²) in [7, 11) is 1.46. The molecule has 1 aliphatic heterocycles. The minimum atomic E-state index is -0.499. The molecule has 3 rings (SSSR count). The number of methoxy groups -OCH3 is 1. The van der Waals surface area contributed by atoms with Crippen molar-refractivity contribution in [1.82, 2.24) is 5.32 Å². The Hall–Kier alpha value is -2.01. The normalized spacial score (nSPS) is 20.4. The van der Waals surface area contributed by atoms with Crippen LogP contribution in [0.2, 0.25) is 0 Å². The standard InChI is InChI=1S/C17H16BrFN2O/c1-22-15-6-5-12(8-14(15)19)17(9-16(20)21-10-17)11-3-2-4-13(18)7-11/h2-9,21H,10,20H2,1H3. The number of nitrogens with two attached hydrogens (primary N) is 1. The second-order valence-corrected chi connectivity index (χ2v) is 6.20. The van der Waals surface area contributed by atoms with Gasteiger partial charge in [-0.2, -0.15) is 0 Å².